The molecule has 4 rings (SSSR count). The Morgan fingerprint density at radius 2 is 2.04 bits per heavy atom. The lowest BCUT2D eigenvalue weighted by atomic mass is 10.2. The molecule has 0 radical (unpaired) electrons. The molecule has 0 saturated carbocycles. The highest BCUT2D eigenvalue weighted by atomic mass is 35.5. The second-order valence-corrected chi connectivity index (χ2v) is 7.31. The Bertz CT molecular complexity index is 1130. The summed E-state index contributed by atoms with van der Waals surface area (Å²) in [6, 6.07) is 10.2. The topological polar surface area (TPSA) is 73.9 Å². The summed E-state index contributed by atoms with van der Waals surface area (Å²) in [6.07, 6.45) is 0. The predicted molar refractivity (Wildman–Crippen MR) is 111 cm³/mol. The van der Waals surface area contributed by atoms with Gasteiger partial charge in [0.05, 0.1) is 26.6 Å². The van der Waals surface area contributed by atoms with Gasteiger partial charge in [0.15, 0.2) is 5.82 Å². The average Bonchev–Trinajstić information content (AvgIpc) is 3.32. The fourth-order valence-corrected chi connectivity index (χ4v) is 3.39. The van der Waals surface area contributed by atoms with Crippen molar-refractivity contribution in [1.82, 2.24) is 15.0 Å². The monoisotopic (exact) mass is 417 g/mol. The maximum atomic E-state index is 12.5. The van der Waals surface area contributed by atoms with Crippen LogP contribution in [0.4, 0.5) is 16.2 Å². The third-order valence-electron chi connectivity index (χ3n) is 4.00. The van der Waals surface area contributed by atoms with Crippen molar-refractivity contribution in [2.45, 2.75) is 0 Å². The van der Waals surface area contributed by atoms with E-state index in [9.17, 15) is 4.79 Å². The number of benzene rings is 2. The van der Waals surface area contributed by atoms with Crippen molar-refractivity contribution in [3.05, 3.63) is 57.3 Å². The van der Waals surface area contributed by atoms with E-state index in [-0.39, 0.29) is 6.03 Å². The zero-order valence-electron chi connectivity index (χ0n) is 14.0. The molecule has 2 aromatic heterocycles. The van der Waals surface area contributed by atoms with Crippen LogP contribution in [0.5, 0.6) is 0 Å². The number of H-pyrrole nitrogens is 1. The summed E-state index contributed by atoms with van der Waals surface area (Å²) < 4.78 is 0. The number of carbonyl (C=O) groups excluding carboxylic acids is 1. The first-order chi connectivity index (χ1) is 13.0. The molecule has 9 heteroatoms. The zero-order chi connectivity index (χ0) is 19.0. The summed E-state index contributed by atoms with van der Waals surface area (Å²) in [5, 5.41) is 5.61. The van der Waals surface area contributed by atoms with Gasteiger partial charge in [-0.2, -0.15) is 0 Å². The minimum Gasteiger partial charge on any atom is -0.337 e. The smallest absolute Gasteiger partial charge is 0.326 e. The number of aromatic nitrogens is 3. The van der Waals surface area contributed by atoms with Gasteiger partial charge in [-0.05, 0) is 36.4 Å². The van der Waals surface area contributed by atoms with Gasteiger partial charge in [-0.25, -0.2) is 14.8 Å². The van der Waals surface area contributed by atoms with Crippen LogP contribution in [0.15, 0.2) is 47.3 Å². The van der Waals surface area contributed by atoms with E-state index in [1.807, 2.05) is 17.5 Å². The first-order valence-electron chi connectivity index (χ1n) is 7.89. The standard InChI is InChI=1S/C18H13Cl2N5OS/c1-25(11-3-4-12(19)13(20)7-11)18(26)22-10-2-5-14-15(6-10)24-17(23-14)16-8-27-9-21-16/h2-9H,1H3,(H,22,26)(H,23,24). The van der Waals surface area contributed by atoms with Gasteiger partial charge in [0.2, 0.25) is 0 Å². The molecular formula is C18H13Cl2N5OS. The molecule has 0 spiro atoms. The van der Waals surface area contributed by atoms with Gasteiger partial charge in [-0.3, -0.25) is 4.90 Å². The van der Waals surface area contributed by atoms with Crippen molar-refractivity contribution in [2.75, 3.05) is 17.3 Å². The first kappa shape index (κ1) is 17.8. The average molecular weight is 418 g/mol. The molecule has 2 amide bonds. The molecule has 6 nitrogen and oxygen atoms in total. The van der Waals surface area contributed by atoms with Crippen molar-refractivity contribution in [3.63, 3.8) is 0 Å². The summed E-state index contributed by atoms with van der Waals surface area (Å²) in [7, 11) is 1.66. The Morgan fingerprint density at radius 1 is 1.19 bits per heavy atom. The largest absolute Gasteiger partial charge is 0.337 e. The van der Waals surface area contributed by atoms with Gasteiger partial charge in [-0.1, -0.05) is 23.2 Å². The maximum Gasteiger partial charge on any atom is 0.326 e. The predicted octanol–water partition coefficient (Wildman–Crippen LogP) is 5.66. The lowest BCUT2D eigenvalue weighted by Gasteiger charge is -2.18. The number of rotatable bonds is 3. The van der Waals surface area contributed by atoms with Crippen LogP contribution in [0.25, 0.3) is 22.6 Å². The number of nitrogens with zero attached hydrogens (tertiary/aromatic N) is 3. The number of fused-ring (bicyclic) bond motifs is 1. The van der Waals surface area contributed by atoms with E-state index in [4.69, 9.17) is 23.2 Å². The van der Waals surface area contributed by atoms with E-state index in [0.29, 0.717) is 27.2 Å². The fraction of sp³-hybridized carbons (Fsp3) is 0.0556. The second kappa shape index (κ2) is 7.19. The summed E-state index contributed by atoms with van der Waals surface area (Å²) >= 11 is 13.5. The van der Waals surface area contributed by atoms with Crippen LogP contribution in [-0.2, 0) is 0 Å². The van der Waals surface area contributed by atoms with Crippen LogP contribution in [0.1, 0.15) is 0 Å². The van der Waals surface area contributed by atoms with Gasteiger partial charge < -0.3 is 10.3 Å². The number of thiazole rings is 1. The molecule has 0 unspecified atom stereocenters. The van der Waals surface area contributed by atoms with Gasteiger partial charge in [0, 0.05) is 23.8 Å². The van der Waals surface area contributed by atoms with E-state index in [1.165, 1.54) is 16.2 Å². The van der Waals surface area contributed by atoms with Gasteiger partial charge in [0.1, 0.15) is 5.69 Å². The Labute approximate surface area is 168 Å². The number of hydrogen-bond donors (Lipinski definition) is 2. The number of halogens is 2. The van der Waals surface area contributed by atoms with E-state index >= 15 is 0 Å². The van der Waals surface area contributed by atoms with Crippen LogP contribution in [0.3, 0.4) is 0 Å². The highest BCUT2D eigenvalue weighted by Crippen LogP contribution is 2.27. The third kappa shape index (κ3) is 3.62. The van der Waals surface area contributed by atoms with Crippen molar-refractivity contribution < 1.29 is 4.79 Å². The molecule has 0 fully saturated rings. The molecule has 0 saturated heterocycles. The summed E-state index contributed by atoms with van der Waals surface area (Å²) in [6.45, 7) is 0. The number of carbonyl (C=O) groups is 1. The highest BCUT2D eigenvalue weighted by Gasteiger charge is 2.14. The quantitative estimate of drug-likeness (QED) is 0.451. The Balaban J connectivity index is 1.55. The number of urea groups is 1. The number of anilines is 2. The highest BCUT2D eigenvalue weighted by molar-refractivity contribution is 7.07. The molecular weight excluding hydrogens is 405 g/mol. The van der Waals surface area contributed by atoms with Crippen LogP contribution in [0, 0.1) is 0 Å². The van der Waals surface area contributed by atoms with Crippen LogP contribution >= 0.6 is 34.5 Å². The molecule has 27 heavy (non-hydrogen) atoms. The minimum atomic E-state index is -0.299. The molecule has 2 aromatic carbocycles. The summed E-state index contributed by atoms with van der Waals surface area (Å²) in [4.78, 5) is 26.0. The van der Waals surface area contributed by atoms with Gasteiger partial charge >= 0.3 is 6.03 Å². The fourth-order valence-electron chi connectivity index (χ4n) is 2.56. The minimum absolute atomic E-state index is 0.299. The molecule has 0 aliphatic rings. The molecule has 4 aromatic rings. The normalized spacial score (nSPS) is 10.9. The summed E-state index contributed by atoms with van der Waals surface area (Å²) in [5.74, 6) is 0.697. The van der Waals surface area contributed by atoms with Crippen LogP contribution in [-0.4, -0.2) is 28.0 Å². The third-order valence-corrected chi connectivity index (χ3v) is 5.33. The number of aromatic amines is 1. The molecule has 0 aliphatic heterocycles. The molecule has 0 atom stereocenters. The molecule has 2 N–H and O–H groups in total. The first-order valence-corrected chi connectivity index (χ1v) is 9.59. The van der Waals surface area contributed by atoms with E-state index in [0.717, 1.165) is 16.7 Å². The molecule has 2 heterocycles. The van der Waals surface area contributed by atoms with E-state index < -0.39 is 0 Å². The Morgan fingerprint density at radius 3 is 2.78 bits per heavy atom. The number of nitrogens with one attached hydrogen (secondary N) is 2. The maximum absolute atomic E-state index is 12.5. The van der Waals surface area contributed by atoms with Crippen LogP contribution < -0.4 is 10.2 Å². The summed E-state index contributed by atoms with van der Waals surface area (Å²) in [5.41, 5.74) is 5.44. The van der Waals surface area contributed by atoms with Crippen molar-refractivity contribution in [3.8, 4) is 11.5 Å². The van der Waals surface area contributed by atoms with Gasteiger partial charge in [-0.15, -0.1) is 11.3 Å². The Kier molecular flexibility index (Phi) is 4.73. The molecule has 0 bridgehead atoms. The second-order valence-electron chi connectivity index (χ2n) is 5.78. The number of imidazole rings is 1. The van der Waals surface area contributed by atoms with E-state index in [1.54, 1.807) is 36.8 Å². The lowest BCUT2D eigenvalue weighted by molar-refractivity contribution is 0.258. The Hall–Kier alpha value is -2.61. The van der Waals surface area contributed by atoms with Crippen molar-refractivity contribution >= 4 is 63.0 Å². The lowest BCUT2D eigenvalue weighted by Crippen LogP contribution is -2.31. The zero-order valence-corrected chi connectivity index (χ0v) is 16.4. The van der Waals surface area contributed by atoms with Crippen molar-refractivity contribution in [1.29, 1.82) is 0 Å². The van der Waals surface area contributed by atoms with E-state index in [2.05, 4.69) is 20.3 Å². The molecule has 136 valence electrons. The molecule has 0 aliphatic carbocycles. The van der Waals surface area contributed by atoms with Gasteiger partial charge in [0.25, 0.3) is 0 Å². The van der Waals surface area contributed by atoms with Crippen LogP contribution in [0.2, 0.25) is 10.0 Å². The number of hydrogen-bond acceptors (Lipinski definition) is 4. The van der Waals surface area contributed by atoms with Crippen molar-refractivity contribution in [2.24, 2.45) is 0 Å². The SMILES string of the molecule is CN(C(=O)Nc1ccc2nc(-c3cscn3)[nH]c2c1)c1ccc(Cl)c(Cl)c1. The number of amides is 2.